The molecule has 0 aliphatic carbocycles. The van der Waals surface area contributed by atoms with Gasteiger partial charge in [0.1, 0.15) is 0 Å². The summed E-state index contributed by atoms with van der Waals surface area (Å²) >= 11 is 0. The summed E-state index contributed by atoms with van der Waals surface area (Å²) in [5.74, 6) is 2.73. The Morgan fingerprint density at radius 1 is 1.31 bits per heavy atom. The lowest BCUT2D eigenvalue weighted by Crippen LogP contribution is -2.44. The maximum Gasteiger partial charge on any atom is 0.220 e. The van der Waals surface area contributed by atoms with Gasteiger partial charge in [0, 0.05) is 51.4 Å². The maximum atomic E-state index is 12.2. The van der Waals surface area contributed by atoms with Gasteiger partial charge in [0.2, 0.25) is 5.91 Å². The molecule has 0 bridgehead atoms. The Morgan fingerprint density at radius 2 is 2.04 bits per heavy atom. The molecular weight excluding hydrogens is 324 g/mol. The molecule has 0 spiro atoms. The van der Waals surface area contributed by atoms with Gasteiger partial charge in [0.05, 0.1) is 0 Å². The van der Waals surface area contributed by atoms with Crippen molar-refractivity contribution in [2.24, 2.45) is 10.2 Å². The van der Waals surface area contributed by atoms with E-state index in [0.717, 1.165) is 38.9 Å². The fourth-order valence-corrected chi connectivity index (χ4v) is 3.55. The zero-order valence-corrected chi connectivity index (χ0v) is 15.6. The highest BCUT2D eigenvalue weighted by molar-refractivity contribution is 5.76. The Morgan fingerprint density at radius 3 is 2.69 bits per heavy atom. The van der Waals surface area contributed by atoms with Crippen LogP contribution >= 0.6 is 0 Å². The van der Waals surface area contributed by atoms with Gasteiger partial charge in [-0.1, -0.05) is 24.3 Å². The smallest absolute Gasteiger partial charge is 0.220 e. The Hall–Kier alpha value is -2.19. The molecule has 1 saturated heterocycles. The summed E-state index contributed by atoms with van der Waals surface area (Å²) in [7, 11) is 0. The summed E-state index contributed by atoms with van der Waals surface area (Å²) in [5, 5.41) is 11.4. The molecule has 5 heteroatoms. The number of terminal acetylenes is 1. The van der Waals surface area contributed by atoms with Crippen LogP contribution in [0.4, 0.5) is 0 Å². The van der Waals surface area contributed by atoms with E-state index in [0.29, 0.717) is 19.3 Å². The van der Waals surface area contributed by atoms with E-state index in [1.807, 2.05) is 0 Å². The van der Waals surface area contributed by atoms with Crippen LogP contribution in [0.15, 0.2) is 34.5 Å². The van der Waals surface area contributed by atoms with E-state index in [1.54, 1.807) is 0 Å². The standard InChI is InChI=1S/C21H28N4O/c1-3-4-12-21(23-24-21)13-9-20(26)22-19-10-14-25(15-11-19)16-18-8-6-5-7-17(18)2/h1,5-8,19H,4,9-16H2,2H3,(H,22,26). The van der Waals surface area contributed by atoms with Gasteiger partial charge in [-0.3, -0.25) is 9.69 Å². The third-order valence-electron chi connectivity index (χ3n) is 5.41. The van der Waals surface area contributed by atoms with Crippen LogP contribution in [0.2, 0.25) is 0 Å². The number of nitrogens with zero attached hydrogens (tertiary/aromatic N) is 3. The van der Waals surface area contributed by atoms with Crippen LogP contribution in [-0.4, -0.2) is 35.6 Å². The molecule has 2 aliphatic rings. The molecule has 138 valence electrons. The molecule has 1 fully saturated rings. The van der Waals surface area contributed by atoms with Gasteiger partial charge in [0.15, 0.2) is 5.66 Å². The quantitative estimate of drug-likeness (QED) is 0.729. The number of aryl methyl sites for hydroxylation is 1. The van der Waals surface area contributed by atoms with Crippen LogP contribution in [0.5, 0.6) is 0 Å². The van der Waals surface area contributed by atoms with E-state index in [4.69, 9.17) is 6.42 Å². The molecule has 0 unspecified atom stereocenters. The van der Waals surface area contributed by atoms with Crippen LogP contribution < -0.4 is 5.32 Å². The number of carbonyl (C=O) groups is 1. The largest absolute Gasteiger partial charge is 0.353 e. The average molecular weight is 352 g/mol. The molecule has 0 aromatic heterocycles. The van der Waals surface area contributed by atoms with Crippen LogP contribution in [0.1, 0.15) is 49.7 Å². The van der Waals surface area contributed by atoms with Crippen molar-refractivity contribution in [1.29, 1.82) is 0 Å². The molecule has 1 aromatic rings. The molecule has 1 aromatic carbocycles. The third-order valence-corrected chi connectivity index (χ3v) is 5.41. The Labute approximate surface area is 156 Å². The number of nitrogens with one attached hydrogen (secondary N) is 1. The van der Waals surface area contributed by atoms with Crippen molar-refractivity contribution < 1.29 is 4.79 Å². The van der Waals surface area contributed by atoms with Crippen molar-refractivity contribution in [1.82, 2.24) is 10.2 Å². The second-order valence-corrected chi connectivity index (χ2v) is 7.43. The minimum atomic E-state index is -0.360. The number of benzene rings is 1. The molecule has 0 atom stereocenters. The first kappa shape index (κ1) is 18.6. The topological polar surface area (TPSA) is 57.1 Å². The number of amides is 1. The average Bonchev–Trinajstić information content (AvgIpc) is 3.42. The predicted octanol–water partition coefficient (Wildman–Crippen LogP) is 3.43. The van der Waals surface area contributed by atoms with Crippen molar-refractivity contribution >= 4 is 5.91 Å². The summed E-state index contributed by atoms with van der Waals surface area (Å²) in [4.78, 5) is 14.7. The molecule has 3 rings (SSSR count). The molecule has 26 heavy (non-hydrogen) atoms. The van der Waals surface area contributed by atoms with Crippen molar-refractivity contribution in [3.63, 3.8) is 0 Å². The first-order valence-corrected chi connectivity index (χ1v) is 9.54. The molecule has 1 N–H and O–H groups in total. The van der Waals surface area contributed by atoms with Gasteiger partial charge in [-0.05, 0) is 30.9 Å². The second-order valence-electron chi connectivity index (χ2n) is 7.43. The van der Waals surface area contributed by atoms with Crippen molar-refractivity contribution in [2.45, 2.75) is 63.7 Å². The van der Waals surface area contributed by atoms with Gasteiger partial charge >= 0.3 is 0 Å². The number of carbonyl (C=O) groups excluding carboxylic acids is 1. The zero-order chi connectivity index (χ0) is 18.4. The highest BCUT2D eigenvalue weighted by Crippen LogP contribution is 2.37. The second kappa shape index (κ2) is 8.46. The van der Waals surface area contributed by atoms with E-state index in [1.165, 1.54) is 11.1 Å². The van der Waals surface area contributed by atoms with Crippen molar-refractivity contribution in [3.05, 3.63) is 35.4 Å². The molecular formula is C21H28N4O. The molecule has 5 nitrogen and oxygen atoms in total. The summed E-state index contributed by atoms with van der Waals surface area (Å²) in [5.41, 5.74) is 2.38. The highest BCUT2D eigenvalue weighted by atomic mass is 16.1. The first-order chi connectivity index (χ1) is 12.6. The molecule has 0 saturated carbocycles. The minimum absolute atomic E-state index is 0.111. The fourth-order valence-electron chi connectivity index (χ4n) is 3.55. The SMILES string of the molecule is C#CCCC1(CCC(=O)NC2CCN(Cc3ccccc3C)CC2)N=N1. The van der Waals surface area contributed by atoms with E-state index >= 15 is 0 Å². The Balaban J connectivity index is 1.35. The number of likely N-dealkylation sites (tertiary alicyclic amines) is 1. The number of hydrogen-bond acceptors (Lipinski definition) is 4. The Bertz CT molecular complexity index is 692. The molecule has 1 amide bonds. The van der Waals surface area contributed by atoms with Crippen LogP contribution in [0, 0.1) is 19.3 Å². The van der Waals surface area contributed by atoms with E-state index in [-0.39, 0.29) is 17.6 Å². The molecule has 0 radical (unpaired) electrons. The van der Waals surface area contributed by atoms with Crippen molar-refractivity contribution in [2.75, 3.05) is 13.1 Å². The molecule has 2 heterocycles. The van der Waals surface area contributed by atoms with Gasteiger partial charge in [-0.2, -0.15) is 10.2 Å². The lowest BCUT2D eigenvalue weighted by atomic mass is 10.0. The van der Waals surface area contributed by atoms with Crippen LogP contribution in [0.3, 0.4) is 0 Å². The predicted molar refractivity (Wildman–Crippen MR) is 103 cm³/mol. The van der Waals surface area contributed by atoms with Gasteiger partial charge in [0.25, 0.3) is 0 Å². The normalized spacial score (nSPS) is 19.1. The maximum absolute atomic E-state index is 12.2. The number of hydrogen-bond donors (Lipinski definition) is 1. The summed E-state index contributed by atoms with van der Waals surface area (Å²) in [6.45, 7) is 5.21. The fraction of sp³-hybridized carbons (Fsp3) is 0.571. The van der Waals surface area contributed by atoms with Gasteiger partial charge < -0.3 is 5.32 Å². The van der Waals surface area contributed by atoms with Gasteiger partial charge in [-0.25, -0.2) is 0 Å². The number of piperidine rings is 1. The summed E-state index contributed by atoms with van der Waals surface area (Å²) < 4.78 is 0. The minimum Gasteiger partial charge on any atom is -0.353 e. The summed E-state index contributed by atoms with van der Waals surface area (Å²) in [6, 6.07) is 8.83. The third kappa shape index (κ3) is 5.15. The Kier molecular flexibility index (Phi) is 6.05. The van der Waals surface area contributed by atoms with E-state index < -0.39 is 0 Å². The summed E-state index contributed by atoms with van der Waals surface area (Å²) in [6.07, 6.45) is 9.88. The first-order valence-electron chi connectivity index (χ1n) is 9.54. The number of rotatable bonds is 8. The highest BCUT2D eigenvalue weighted by Gasteiger charge is 2.39. The van der Waals surface area contributed by atoms with E-state index in [9.17, 15) is 4.79 Å². The van der Waals surface area contributed by atoms with Crippen LogP contribution in [0.25, 0.3) is 0 Å². The van der Waals surface area contributed by atoms with Crippen LogP contribution in [-0.2, 0) is 11.3 Å². The van der Waals surface area contributed by atoms with Gasteiger partial charge in [-0.15, -0.1) is 12.3 Å². The lowest BCUT2D eigenvalue weighted by molar-refractivity contribution is -0.122. The lowest BCUT2D eigenvalue weighted by Gasteiger charge is -2.32. The van der Waals surface area contributed by atoms with E-state index in [2.05, 4.69) is 57.6 Å². The van der Waals surface area contributed by atoms with Crippen molar-refractivity contribution in [3.8, 4) is 12.3 Å². The monoisotopic (exact) mass is 352 g/mol. The molecule has 2 aliphatic heterocycles. The zero-order valence-electron chi connectivity index (χ0n) is 15.6.